The Morgan fingerprint density at radius 1 is 0.970 bits per heavy atom. The van der Waals surface area contributed by atoms with Crippen molar-refractivity contribution >= 4 is 23.3 Å². The van der Waals surface area contributed by atoms with Gasteiger partial charge in [-0.25, -0.2) is 4.79 Å². The largest absolute Gasteiger partial charge is 0.493 e. The fourth-order valence-corrected chi connectivity index (χ4v) is 3.60. The number of carbonyl (C=O) groups excluding carboxylic acids is 2. The van der Waals surface area contributed by atoms with Crippen LogP contribution in [-0.4, -0.2) is 33.2 Å². The average molecular weight is 447 g/mol. The molecule has 3 aromatic carbocycles. The van der Waals surface area contributed by atoms with E-state index in [1.54, 1.807) is 56.5 Å². The van der Waals surface area contributed by atoms with E-state index in [1.165, 1.54) is 0 Å². The number of hydrogen-bond donors (Lipinski definition) is 2. The molecule has 0 atom stereocenters. The molecule has 8 heteroatoms. The molecule has 0 bridgehead atoms. The summed E-state index contributed by atoms with van der Waals surface area (Å²) >= 11 is 0. The second kappa shape index (κ2) is 9.12. The van der Waals surface area contributed by atoms with Gasteiger partial charge in [0.05, 0.1) is 25.5 Å². The van der Waals surface area contributed by atoms with Gasteiger partial charge in [0.15, 0.2) is 17.2 Å². The molecule has 0 unspecified atom stereocenters. The van der Waals surface area contributed by atoms with Crippen molar-refractivity contribution in [1.82, 2.24) is 5.32 Å². The highest BCUT2D eigenvalue weighted by Crippen LogP contribution is 2.39. The summed E-state index contributed by atoms with van der Waals surface area (Å²) in [5.74, 6) is 2.02. The van der Waals surface area contributed by atoms with Crippen LogP contribution in [0.4, 0.5) is 16.2 Å². The zero-order chi connectivity index (χ0) is 23.5. The van der Waals surface area contributed by atoms with Crippen LogP contribution in [0.3, 0.4) is 0 Å². The highest BCUT2D eigenvalue weighted by Gasteiger charge is 2.26. The van der Waals surface area contributed by atoms with Gasteiger partial charge >= 0.3 is 6.03 Å². The third-order valence-electron chi connectivity index (χ3n) is 5.37. The number of carbonyl (C=O) groups is 2. The molecule has 3 aromatic rings. The monoisotopic (exact) mass is 447 g/mol. The van der Waals surface area contributed by atoms with Gasteiger partial charge in [-0.1, -0.05) is 12.1 Å². The molecule has 0 saturated carbocycles. The molecule has 1 heterocycles. The van der Waals surface area contributed by atoms with Crippen molar-refractivity contribution in [3.63, 3.8) is 0 Å². The van der Waals surface area contributed by atoms with E-state index in [2.05, 4.69) is 10.6 Å². The summed E-state index contributed by atoms with van der Waals surface area (Å²) in [6.07, 6.45) is 0. The maximum atomic E-state index is 13.1. The summed E-state index contributed by atoms with van der Waals surface area (Å²) in [6, 6.07) is 15.7. The molecule has 0 aliphatic carbocycles. The number of nitrogens with one attached hydrogen (secondary N) is 2. The number of benzene rings is 3. The van der Waals surface area contributed by atoms with Crippen molar-refractivity contribution in [2.75, 3.05) is 31.5 Å². The lowest BCUT2D eigenvalue weighted by molar-refractivity contribution is 0.0993. The van der Waals surface area contributed by atoms with E-state index in [4.69, 9.17) is 14.2 Å². The summed E-state index contributed by atoms with van der Waals surface area (Å²) in [5, 5.41) is 5.56. The number of rotatable bonds is 5. The summed E-state index contributed by atoms with van der Waals surface area (Å²) in [6.45, 7) is 2.25. The third-order valence-corrected chi connectivity index (χ3v) is 5.37. The number of amides is 3. The molecule has 1 aliphatic rings. The van der Waals surface area contributed by atoms with E-state index in [-0.39, 0.29) is 12.5 Å². The van der Waals surface area contributed by atoms with Crippen molar-refractivity contribution in [2.45, 2.75) is 13.5 Å². The van der Waals surface area contributed by atoms with Crippen LogP contribution >= 0.6 is 0 Å². The average Bonchev–Trinajstić information content (AvgIpc) is 2.92. The van der Waals surface area contributed by atoms with Crippen LogP contribution in [0.25, 0.3) is 0 Å². The minimum Gasteiger partial charge on any atom is -0.493 e. The lowest BCUT2D eigenvalue weighted by Gasteiger charge is -2.17. The Hall–Kier alpha value is -4.20. The predicted molar refractivity (Wildman–Crippen MR) is 126 cm³/mol. The van der Waals surface area contributed by atoms with Gasteiger partial charge in [0, 0.05) is 19.3 Å². The first-order valence-corrected chi connectivity index (χ1v) is 10.4. The standard InChI is InChI=1S/C25H25N3O5/c1-15-5-8-21-19(11-15)28(2)24(29)18-13-17(7-10-20(18)33-21)27-25(30)26-14-16-6-9-22(31-3)23(12-16)32-4/h5-13H,14H2,1-4H3,(H2,26,27,30). The molecule has 0 saturated heterocycles. The minimum atomic E-state index is -0.404. The lowest BCUT2D eigenvalue weighted by atomic mass is 10.1. The summed E-state index contributed by atoms with van der Waals surface area (Å²) in [5.41, 5.74) is 3.41. The van der Waals surface area contributed by atoms with Crippen LogP contribution in [0.2, 0.25) is 0 Å². The molecule has 33 heavy (non-hydrogen) atoms. The summed E-state index contributed by atoms with van der Waals surface area (Å²) < 4.78 is 16.5. The van der Waals surface area contributed by atoms with Crippen molar-refractivity contribution in [3.05, 3.63) is 71.3 Å². The predicted octanol–water partition coefficient (Wildman–Crippen LogP) is 4.72. The van der Waals surface area contributed by atoms with E-state index in [0.29, 0.717) is 39.9 Å². The molecule has 1 aliphatic heterocycles. The first-order valence-electron chi connectivity index (χ1n) is 10.4. The second-order valence-electron chi connectivity index (χ2n) is 7.65. The number of fused-ring (bicyclic) bond motifs is 2. The first-order chi connectivity index (χ1) is 15.9. The number of methoxy groups -OCH3 is 2. The molecule has 0 spiro atoms. The number of nitrogens with zero attached hydrogens (tertiary/aromatic N) is 1. The van der Waals surface area contributed by atoms with Crippen LogP contribution in [0.15, 0.2) is 54.6 Å². The zero-order valence-electron chi connectivity index (χ0n) is 18.9. The van der Waals surface area contributed by atoms with Crippen LogP contribution in [-0.2, 0) is 6.54 Å². The van der Waals surface area contributed by atoms with Crippen LogP contribution in [0.5, 0.6) is 23.0 Å². The maximum Gasteiger partial charge on any atom is 0.319 e. The van der Waals surface area contributed by atoms with E-state index in [1.807, 2.05) is 31.2 Å². The van der Waals surface area contributed by atoms with E-state index in [9.17, 15) is 9.59 Å². The quantitative estimate of drug-likeness (QED) is 0.591. The molecule has 0 fully saturated rings. The van der Waals surface area contributed by atoms with Crippen LogP contribution < -0.4 is 29.7 Å². The van der Waals surface area contributed by atoms with Gasteiger partial charge in [-0.05, 0) is 60.5 Å². The topological polar surface area (TPSA) is 89.1 Å². The number of hydrogen-bond acceptors (Lipinski definition) is 5. The van der Waals surface area contributed by atoms with Crippen molar-refractivity contribution in [1.29, 1.82) is 0 Å². The summed E-state index contributed by atoms with van der Waals surface area (Å²) in [4.78, 5) is 27.1. The smallest absolute Gasteiger partial charge is 0.319 e. The molecule has 8 nitrogen and oxygen atoms in total. The fourth-order valence-electron chi connectivity index (χ4n) is 3.60. The Bertz CT molecular complexity index is 1220. The lowest BCUT2D eigenvalue weighted by Crippen LogP contribution is -2.28. The number of ether oxygens (including phenoxy) is 3. The number of aryl methyl sites for hydroxylation is 1. The molecule has 3 amide bonds. The molecule has 0 aromatic heterocycles. The SMILES string of the molecule is COc1ccc(CNC(=O)Nc2ccc3c(c2)C(=O)N(C)c2cc(C)ccc2O3)cc1OC. The molecule has 170 valence electrons. The van der Waals surface area contributed by atoms with Gasteiger partial charge < -0.3 is 29.7 Å². The van der Waals surface area contributed by atoms with E-state index in [0.717, 1.165) is 11.1 Å². The van der Waals surface area contributed by atoms with Gasteiger partial charge in [0.2, 0.25) is 0 Å². The second-order valence-corrected chi connectivity index (χ2v) is 7.65. The molecule has 2 N–H and O–H groups in total. The maximum absolute atomic E-state index is 13.1. The molecule has 4 rings (SSSR count). The summed E-state index contributed by atoms with van der Waals surface area (Å²) in [7, 11) is 4.83. The zero-order valence-corrected chi connectivity index (χ0v) is 18.9. The Balaban J connectivity index is 1.47. The normalized spacial score (nSPS) is 12.1. The van der Waals surface area contributed by atoms with Gasteiger partial charge in [0.1, 0.15) is 5.75 Å². The van der Waals surface area contributed by atoms with Gasteiger partial charge in [-0.3, -0.25) is 4.79 Å². The molecule has 0 radical (unpaired) electrons. The van der Waals surface area contributed by atoms with Gasteiger partial charge in [-0.2, -0.15) is 0 Å². The highest BCUT2D eigenvalue weighted by atomic mass is 16.5. The van der Waals surface area contributed by atoms with Crippen molar-refractivity contribution in [3.8, 4) is 23.0 Å². The third kappa shape index (κ3) is 4.55. The highest BCUT2D eigenvalue weighted by molar-refractivity contribution is 6.10. The molecular formula is C25H25N3O5. The van der Waals surface area contributed by atoms with Gasteiger partial charge in [-0.15, -0.1) is 0 Å². The Labute approximate surface area is 192 Å². The fraction of sp³-hybridized carbons (Fsp3) is 0.200. The van der Waals surface area contributed by atoms with Gasteiger partial charge in [0.25, 0.3) is 5.91 Å². The number of urea groups is 1. The number of anilines is 2. The Morgan fingerprint density at radius 3 is 2.48 bits per heavy atom. The van der Waals surface area contributed by atoms with Crippen LogP contribution in [0.1, 0.15) is 21.5 Å². The van der Waals surface area contributed by atoms with E-state index >= 15 is 0 Å². The minimum absolute atomic E-state index is 0.219. The Morgan fingerprint density at radius 2 is 1.73 bits per heavy atom. The Kier molecular flexibility index (Phi) is 6.08. The molecular weight excluding hydrogens is 422 g/mol. The van der Waals surface area contributed by atoms with E-state index < -0.39 is 6.03 Å². The first kappa shape index (κ1) is 22.0. The van der Waals surface area contributed by atoms with Crippen LogP contribution in [0, 0.1) is 6.92 Å². The van der Waals surface area contributed by atoms with Crippen molar-refractivity contribution in [2.24, 2.45) is 0 Å². The van der Waals surface area contributed by atoms with Crippen molar-refractivity contribution < 1.29 is 23.8 Å².